The summed E-state index contributed by atoms with van der Waals surface area (Å²) in [5.74, 6) is -1.43. The lowest BCUT2D eigenvalue weighted by atomic mass is 10.3. The summed E-state index contributed by atoms with van der Waals surface area (Å²) in [5, 5.41) is 0.577. The number of para-hydroxylation sites is 1. The Labute approximate surface area is 156 Å². The Balaban J connectivity index is 2.30. The van der Waals surface area contributed by atoms with E-state index in [0.29, 0.717) is 10.7 Å². The third-order valence-corrected chi connectivity index (χ3v) is 3.22. The summed E-state index contributed by atoms with van der Waals surface area (Å²) in [6, 6.07) is 8.21. The molecule has 0 unspecified atom stereocenters. The number of carbonyl (C=O) groups excluding carboxylic acids is 4. The van der Waals surface area contributed by atoms with Crippen molar-refractivity contribution in [3.05, 3.63) is 42.1 Å². The van der Waals surface area contributed by atoms with Gasteiger partial charge in [-0.05, 0) is 39.8 Å². The molecular formula is C18H21N3O6. The highest BCUT2D eigenvalue weighted by atomic mass is 16.6. The largest absolute Gasteiger partial charge is 0.446 e. The summed E-state index contributed by atoms with van der Waals surface area (Å²) in [6.07, 6.45) is -2.00. The standard InChI is InChI=1S/C18H21N3O6/c1-11(2)26-17(24)19-21(18(25)27-12(3)4)14-10-15(22)20(16(14)23)13-8-6-5-7-9-13/h5-12H,1-4H3,(H,19,24). The second-order valence-corrected chi connectivity index (χ2v) is 6.18. The number of anilines is 1. The zero-order valence-electron chi connectivity index (χ0n) is 15.5. The minimum atomic E-state index is -1.02. The van der Waals surface area contributed by atoms with Crippen molar-refractivity contribution in [2.24, 2.45) is 0 Å². The van der Waals surface area contributed by atoms with Gasteiger partial charge in [0.2, 0.25) is 0 Å². The number of amides is 4. The Bertz CT molecular complexity index is 773. The predicted octanol–water partition coefficient (Wildman–Crippen LogP) is 2.34. The van der Waals surface area contributed by atoms with Gasteiger partial charge < -0.3 is 9.47 Å². The van der Waals surface area contributed by atoms with Gasteiger partial charge in [-0.2, -0.15) is 5.01 Å². The maximum absolute atomic E-state index is 12.7. The first-order chi connectivity index (χ1) is 12.7. The maximum atomic E-state index is 12.7. The molecule has 0 bridgehead atoms. The van der Waals surface area contributed by atoms with Crippen molar-refractivity contribution in [3.63, 3.8) is 0 Å². The molecule has 9 nitrogen and oxygen atoms in total. The molecule has 4 amide bonds. The summed E-state index contributed by atoms with van der Waals surface area (Å²) in [4.78, 5) is 50.2. The average Bonchev–Trinajstić information content (AvgIpc) is 2.86. The van der Waals surface area contributed by atoms with Gasteiger partial charge >= 0.3 is 12.2 Å². The molecule has 1 aliphatic rings. The monoisotopic (exact) mass is 375 g/mol. The fourth-order valence-electron chi connectivity index (χ4n) is 2.23. The first kappa shape index (κ1) is 20.0. The quantitative estimate of drug-likeness (QED) is 0.640. The lowest BCUT2D eigenvalue weighted by Crippen LogP contribution is -2.49. The van der Waals surface area contributed by atoms with E-state index in [-0.39, 0.29) is 5.70 Å². The van der Waals surface area contributed by atoms with Gasteiger partial charge in [0.05, 0.1) is 17.9 Å². The van der Waals surface area contributed by atoms with E-state index in [1.807, 2.05) is 0 Å². The van der Waals surface area contributed by atoms with Crippen molar-refractivity contribution in [3.8, 4) is 0 Å². The van der Waals surface area contributed by atoms with E-state index in [1.165, 1.54) is 0 Å². The van der Waals surface area contributed by atoms with Crippen LogP contribution in [0.5, 0.6) is 0 Å². The Morgan fingerprint density at radius 2 is 1.59 bits per heavy atom. The summed E-state index contributed by atoms with van der Waals surface area (Å²) in [6.45, 7) is 6.46. The Hall–Kier alpha value is -3.36. The molecule has 1 aromatic rings. The second kappa shape index (κ2) is 8.35. The predicted molar refractivity (Wildman–Crippen MR) is 95.2 cm³/mol. The molecule has 1 N–H and O–H groups in total. The van der Waals surface area contributed by atoms with Gasteiger partial charge in [-0.15, -0.1) is 0 Å². The Kier molecular flexibility index (Phi) is 6.17. The summed E-state index contributed by atoms with van der Waals surface area (Å²) >= 11 is 0. The molecule has 2 rings (SSSR count). The number of carbonyl (C=O) groups is 4. The van der Waals surface area contributed by atoms with Gasteiger partial charge in [-0.25, -0.2) is 19.9 Å². The molecule has 144 valence electrons. The molecule has 0 saturated carbocycles. The van der Waals surface area contributed by atoms with Crippen molar-refractivity contribution in [1.82, 2.24) is 10.4 Å². The lowest BCUT2D eigenvalue weighted by molar-refractivity contribution is -0.121. The van der Waals surface area contributed by atoms with Crippen molar-refractivity contribution in [2.75, 3.05) is 4.90 Å². The van der Waals surface area contributed by atoms with Gasteiger partial charge in [0.25, 0.3) is 11.8 Å². The highest BCUT2D eigenvalue weighted by molar-refractivity contribution is 6.30. The van der Waals surface area contributed by atoms with E-state index in [2.05, 4.69) is 5.43 Å². The number of benzene rings is 1. The van der Waals surface area contributed by atoms with Crippen LogP contribution in [0, 0.1) is 0 Å². The number of nitrogens with one attached hydrogen (secondary N) is 1. The molecule has 1 heterocycles. The first-order valence-corrected chi connectivity index (χ1v) is 8.34. The van der Waals surface area contributed by atoms with E-state index in [9.17, 15) is 19.2 Å². The maximum Gasteiger partial charge on any atom is 0.434 e. The zero-order chi connectivity index (χ0) is 20.1. The third-order valence-electron chi connectivity index (χ3n) is 3.22. The molecule has 9 heteroatoms. The van der Waals surface area contributed by atoms with Crippen LogP contribution >= 0.6 is 0 Å². The van der Waals surface area contributed by atoms with Crippen LogP contribution in [0.4, 0.5) is 15.3 Å². The average molecular weight is 375 g/mol. The van der Waals surface area contributed by atoms with Crippen LogP contribution in [0.1, 0.15) is 27.7 Å². The molecule has 0 atom stereocenters. The Morgan fingerprint density at radius 1 is 1.00 bits per heavy atom. The van der Waals surface area contributed by atoms with E-state index >= 15 is 0 Å². The molecule has 0 aliphatic carbocycles. The molecule has 27 heavy (non-hydrogen) atoms. The molecule has 0 spiro atoms. The highest BCUT2D eigenvalue weighted by Gasteiger charge is 2.39. The summed E-state index contributed by atoms with van der Waals surface area (Å²) in [7, 11) is 0. The third kappa shape index (κ3) is 4.84. The van der Waals surface area contributed by atoms with Crippen LogP contribution in [0.2, 0.25) is 0 Å². The van der Waals surface area contributed by atoms with Crippen LogP contribution in [-0.4, -0.2) is 41.2 Å². The second-order valence-electron chi connectivity index (χ2n) is 6.18. The van der Waals surface area contributed by atoms with E-state index in [4.69, 9.17) is 9.47 Å². The SMILES string of the molecule is CC(C)OC(=O)NN(C(=O)OC(C)C)C1=CC(=O)N(c2ccccc2)C1=O. The van der Waals surface area contributed by atoms with Crippen LogP contribution in [0.15, 0.2) is 42.1 Å². The van der Waals surface area contributed by atoms with E-state index in [1.54, 1.807) is 58.0 Å². The fraction of sp³-hybridized carbons (Fsp3) is 0.333. The van der Waals surface area contributed by atoms with E-state index in [0.717, 1.165) is 11.0 Å². The normalized spacial score (nSPS) is 13.7. The molecule has 0 saturated heterocycles. The van der Waals surface area contributed by atoms with Crippen molar-refractivity contribution in [1.29, 1.82) is 0 Å². The number of nitrogens with zero attached hydrogens (tertiary/aromatic N) is 2. The number of ether oxygens (including phenoxy) is 2. The van der Waals surface area contributed by atoms with Crippen LogP contribution in [0.25, 0.3) is 0 Å². The van der Waals surface area contributed by atoms with Crippen molar-refractivity contribution >= 4 is 29.7 Å². The number of hydrogen-bond donors (Lipinski definition) is 1. The smallest absolute Gasteiger partial charge is 0.434 e. The van der Waals surface area contributed by atoms with Crippen molar-refractivity contribution < 1.29 is 28.7 Å². The van der Waals surface area contributed by atoms with Gasteiger partial charge in [-0.1, -0.05) is 18.2 Å². The molecule has 1 aliphatic heterocycles. The first-order valence-electron chi connectivity index (χ1n) is 8.34. The van der Waals surface area contributed by atoms with Crippen LogP contribution < -0.4 is 10.3 Å². The molecule has 0 radical (unpaired) electrons. The topological polar surface area (TPSA) is 105 Å². The molecule has 0 aromatic heterocycles. The number of rotatable bonds is 4. The lowest BCUT2D eigenvalue weighted by Gasteiger charge is -2.24. The highest BCUT2D eigenvalue weighted by Crippen LogP contribution is 2.24. The number of hydrogen-bond acceptors (Lipinski definition) is 6. The van der Waals surface area contributed by atoms with Crippen LogP contribution in [-0.2, 0) is 19.1 Å². The molecule has 0 fully saturated rings. The van der Waals surface area contributed by atoms with Gasteiger partial charge in [0.15, 0.2) is 0 Å². The minimum Gasteiger partial charge on any atom is -0.446 e. The zero-order valence-corrected chi connectivity index (χ0v) is 15.5. The molecular weight excluding hydrogens is 354 g/mol. The number of imide groups is 1. The summed E-state index contributed by atoms with van der Waals surface area (Å²) in [5.41, 5.74) is 2.13. The van der Waals surface area contributed by atoms with Crippen molar-refractivity contribution in [2.45, 2.75) is 39.9 Å². The number of hydrazine groups is 1. The fourth-order valence-corrected chi connectivity index (χ4v) is 2.23. The van der Waals surface area contributed by atoms with Gasteiger partial charge in [0.1, 0.15) is 5.70 Å². The van der Waals surface area contributed by atoms with Gasteiger partial charge in [0, 0.05) is 6.08 Å². The van der Waals surface area contributed by atoms with Crippen LogP contribution in [0.3, 0.4) is 0 Å². The summed E-state index contributed by atoms with van der Waals surface area (Å²) < 4.78 is 9.98. The van der Waals surface area contributed by atoms with Gasteiger partial charge in [-0.3, -0.25) is 9.59 Å². The Morgan fingerprint density at radius 3 is 2.15 bits per heavy atom. The minimum absolute atomic E-state index is 0.334. The molecule has 1 aromatic carbocycles. The van der Waals surface area contributed by atoms with E-state index < -0.39 is 36.2 Å².